The Kier molecular flexibility index (Phi) is 6.79. The second-order valence-corrected chi connectivity index (χ2v) is 6.14. The van der Waals surface area contributed by atoms with Gasteiger partial charge in [0, 0.05) is 6.04 Å². The van der Waals surface area contributed by atoms with Crippen LogP contribution in [0.2, 0.25) is 0 Å². The smallest absolute Gasteiger partial charge is 0.189 e. The fourth-order valence-electron chi connectivity index (χ4n) is 2.71. The topological polar surface area (TPSA) is 59.6 Å². The van der Waals surface area contributed by atoms with E-state index in [0.29, 0.717) is 24.7 Å². The third-order valence-corrected chi connectivity index (χ3v) is 4.14. The third kappa shape index (κ3) is 5.66. The van der Waals surface area contributed by atoms with Crippen LogP contribution in [0.25, 0.3) is 0 Å². The number of nitrogens with two attached hydrogens (primary N) is 1. The molecule has 122 valence electrons. The highest BCUT2D eigenvalue weighted by atomic mass is 127. The summed E-state index contributed by atoms with van der Waals surface area (Å²) >= 11 is 0. The summed E-state index contributed by atoms with van der Waals surface area (Å²) in [6, 6.07) is 8.80. The average molecular weight is 415 g/mol. The van der Waals surface area contributed by atoms with Crippen LogP contribution < -0.4 is 15.8 Å². The zero-order chi connectivity index (χ0) is 14.5. The number of nitrogens with one attached hydrogen (secondary N) is 1. The van der Waals surface area contributed by atoms with Crippen molar-refractivity contribution in [1.82, 2.24) is 5.32 Å². The van der Waals surface area contributed by atoms with Crippen molar-refractivity contribution >= 4 is 29.9 Å². The molecule has 2 aliphatic carbocycles. The number of halogens is 1. The van der Waals surface area contributed by atoms with Crippen LogP contribution in [0.3, 0.4) is 0 Å². The van der Waals surface area contributed by atoms with Crippen LogP contribution in [-0.4, -0.2) is 18.1 Å². The summed E-state index contributed by atoms with van der Waals surface area (Å²) in [5.74, 6) is 1.53. The number of benzene rings is 1. The molecule has 1 aromatic carbocycles. The Bertz CT molecular complexity index is 479. The molecule has 0 heterocycles. The Morgan fingerprint density at radius 2 is 1.77 bits per heavy atom. The first-order valence-electron chi connectivity index (χ1n) is 8.11. The Balaban J connectivity index is 0.00000176. The van der Waals surface area contributed by atoms with E-state index >= 15 is 0 Å². The maximum absolute atomic E-state index is 6.02. The SMILES string of the molecule is I.NC(=NCc1ccc(OC2CCCCC2)cc1)NC1CC1. The van der Waals surface area contributed by atoms with E-state index in [-0.39, 0.29) is 24.0 Å². The lowest BCUT2D eigenvalue weighted by atomic mass is 9.98. The third-order valence-electron chi connectivity index (χ3n) is 4.14. The van der Waals surface area contributed by atoms with Crippen LogP contribution >= 0.6 is 24.0 Å². The number of hydrogen-bond acceptors (Lipinski definition) is 2. The summed E-state index contributed by atoms with van der Waals surface area (Å²) in [7, 11) is 0. The van der Waals surface area contributed by atoms with Gasteiger partial charge in [0.2, 0.25) is 0 Å². The monoisotopic (exact) mass is 415 g/mol. The Morgan fingerprint density at radius 3 is 2.41 bits per heavy atom. The highest BCUT2D eigenvalue weighted by Gasteiger charge is 2.21. The van der Waals surface area contributed by atoms with Gasteiger partial charge in [0.15, 0.2) is 5.96 Å². The minimum Gasteiger partial charge on any atom is -0.490 e. The molecule has 0 spiro atoms. The molecule has 4 nitrogen and oxygen atoms in total. The normalized spacial score (nSPS) is 19.4. The van der Waals surface area contributed by atoms with Crippen LogP contribution in [0.15, 0.2) is 29.3 Å². The van der Waals surface area contributed by atoms with Crippen LogP contribution in [-0.2, 0) is 6.54 Å². The molecule has 3 rings (SSSR count). The lowest BCUT2D eigenvalue weighted by molar-refractivity contribution is 0.155. The molecule has 0 unspecified atom stereocenters. The lowest BCUT2D eigenvalue weighted by Gasteiger charge is -2.23. The Hall–Kier alpha value is -0.980. The van der Waals surface area contributed by atoms with Gasteiger partial charge in [-0.1, -0.05) is 18.6 Å². The molecule has 2 saturated carbocycles. The predicted molar refractivity (Wildman–Crippen MR) is 101 cm³/mol. The quantitative estimate of drug-likeness (QED) is 0.439. The molecule has 1 aromatic rings. The van der Waals surface area contributed by atoms with Gasteiger partial charge in [0.05, 0.1) is 12.6 Å². The molecular weight excluding hydrogens is 389 g/mol. The van der Waals surface area contributed by atoms with E-state index < -0.39 is 0 Å². The summed E-state index contributed by atoms with van der Waals surface area (Å²) in [5, 5.41) is 3.19. The molecular formula is C17H26IN3O. The standard InChI is InChI=1S/C17H25N3O.HI/c18-17(20-14-8-9-14)19-12-13-6-10-16(11-7-13)21-15-4-2-1-3-5-15;/h6-7,10-11,14-15H,1-5,8-9,12H2,(H3,18,19,20);1H. The zero-order valence-electron chi connectivity index (χ0n) is 13.0. The number of aliphatic imine (C=N–C) groups is 1. The molecule has 3 N–H and O–H groups in total. The van der Waals surface area contributed by atoms with Crippen molar-refractivity contribution in [2.24, 2.45) is 10.7 Å². The summed E-state index contributed by atoms with van der Waals surface area (Å²) in [4.78, 5) is 4.36. The van der Waals surface area contributed by atoms with Gasteiger partial charge in [0.25, 0.3) is 0 Å². The van der Waals surface area contributed by atoms with Crippen molar-refractivity contribution in [3.05, 3.63) is 29.8 Å². The molecule has 0 radical (unpaired) electrons. The van der Waals surface area contributed by atoms with E-state index in [2.05, 4.69) is 22.4 Å². The first kappa shape index (κ1) is 17.4. The van der Waals surface area contributed by atoms with Crippen molar-refractivity contribution in [2.75, 3.05) is 0 Å². The summed E-state index contributed by atoms with van der Waals surface area (Å²) in [5.41, 5.74) is 6.99. The van der Waals surface area contributed by atoms with Gasteiger partial charge in [-0.05, 0) is 56.2 Å². The maximum Gasteiger partial charge on any atom is 0.189 e. The van der Waals surface area contributed by atoms with Gasteiger partial charge in [0.1, 0.15) is 5.75 Å². The lowest BCUT2D eigenvalue weighted by Crippen LogP contribution is -2.33. The van der Waals surface area contributed by atoms with E-state index in [1.165, 1.54) is 44.9 Å². The fraction of sp³-hybridized carbons (Fsp3) is 0.588. The predicted octanol–water partition coefficient (Wildman–Crippen LogP) is 3.58. The molecule has 0 saturated heterocycles. The second kappa shape index (κ2) is 8.60. The van der Waals surface area contributed by atoms with Crippen LogP contribution in [0, 0.1) is 0 Å². The first-order valence-corrected chi connectivity index (χ1v) is 8.11. The number of nitrogens with zero attached hydrogens (tertiary/aromatic N) is 1. The number of rotatable bonds is 5. The van der Waals surface area contributed by atoms with E-state index in [1.54, 1.807) is 0 Å². The summed E-state index contributed by atoms with van der Waals surface area (Å²) in [6.45, 7) is 0.620. The number of guanidine groups is 1. The second-order valence-electron chi connectivity index (χ2n) is 6.14. The van der Waals surface area contributed by atoms with E-state index in [1.807, 2.05) is 12.1 Å². The van der Waals surface area contributed by atoms with Crippen molar-refractivity contribution < 1.29 is 4.74 Å². The fourth-order valence-corrected chi connectivity index (χ4v) is 2.71. The zero-order valence-corrected chi connectivity index (χ0v) is 15.3. The van der Waals surface area contributed by atoms with Crippen LogP contribution in [0.5, 0.6) is 5.75 Å². The van der Waals surface area contributed by atoms with Crippen molar-refractivity contribution in [2.45, 2.75) is 63.6 Å². The highest BCUT2D eigenvalue weighted by molar-refractivity contribution is 14.0. The van der Waals surface area contributed by atoms with Gasteiger partial charge < -0.3 is 15.8 Å². The average Bonchev–Trinajstić information content (AvgIpc) is 3.32. The summed E-state index contributed by atoms with van der Waals surface area (Å²) < 4.78 is 6.02. The molecule has 2 fully saturated rings. The Morgan fingerprint density at radius 1 is 1.09 bits per heavy atom. The van der Waals surface area contributed by atoms with E-state index in [4.69, 9.17) is 10.5 Å². The van der Waals surface area contributed by atoms with E-state index in [0.717, 1.165) is 11.3 Å². The Labute approximate surface area is 149 Å². The molecule has 0 bridgehead atoms. The van der Waals surface area contributed by atoms with Crippen LogP contribution in [0.4, 0.5) is 0 Å². The van der Waals surface area contributed by atoms with Gasteiger partial charge in [-0.2, -0.15) is 0 Å². The highest BCUT2D eigenvalue weighted by Crippen LogP contribution is 2.23. The van der Waals surface area contributed by atoms with Crippen molar-refractivity contribution in [3.8, 4) is 5.75 Å². The molecule has 0 atom stereocenters. The molecule has 0 amide bonds. The van der Waals surface area contributed by atoms with Gasteiger partial charge >= 0.3 is 0 Å². The maximum atomic E-state index is 6.02. The first-order chi connectivity index (χ1) is 10.3. The van der Waals surface area contributed by atoms with Gasteiger partial charge in [-0.25, -0.2) is 4.99 Å². The van der Waals surface area contributed by atoms with Crippen molar-refractivity contribution in [3.63, 3.8) is 0 Å². The molecule has 2 aliphatic rings. The van der Waals surface area contributed by atoms with Gasteiger partial charge in [-0.3, -0.25) is 0 Å². The van der Waals surface area contributed by atoms with Crippen LogP contribution in [0.1, 0.15) is 50.5 Å². The van der Waals surface area contributed by atoms with Gasteiger partial charge in [-0.15, -0.1) is 24.0 Å². The number of hydrogen-bond donors (Lipinski definition) is 2. The summed E-state index contributed by atoms with van der Waals surface area (Å²) in [6.07, 6.45) is 9.15. The molecule has 0 aromatic heterocycles. The largest absolute Gasteiger partial charge is 0.490 e. The van der Waals surface area contributed by atoms with Crippen molar-refractivity contribution in [1.29, 1.82) is 0 Å². The molecule has 22 heavy (non-hydrogen) atoms. The minimum atomic E-state index is 0. The molecule has 5 heteroatoms. The molecule has 0 aliphatic heterocycles. The number of ether oxygens (including phenoxy) is 1. The van der Waals surface area contributed by atoms with E-state index in [9.17, 15) is 0 Å². The minimum absolute atomic E-state index is 0.